The first-order chi connectivity index (χ1) is 9.90. The maximum Gasteiger partial charge on any atom is 0.397 e. The standard InChI is InChI=1S/C15H19F3N2O/c1-2-11-3-5-12(6-4-11)13-10-19-7-8-20(13)14(21)9-15(16,17)18/h3-6,13,19H,2,7-10H2,1H3. The van der Waals surface area contributed by atoms with Gasteiger partial charge in [0.15, 0.2) is 0 Å². The molecule has 1 fully saturated rings. The molecule has 1 amide bonds. The molecular weight excluding hydrogens is 281 g/mol. The second-order valence-corrected chi connectivity index (χ2v) is 5.19. The maximum atomic E-state index is 12.4. The number of carbonyl (C=O) groups is 1. The summed E-state index contributed by atoms with van der Waals surface area (Å²) in [5.74, 6) is -0.853. The predicted octanol–water partition coefficient (Wildman–Crippen LogP) is 2.67. The minimum Gasteiger partial charge on any atom is -0.333 e. The van der Waals surface area contributed by atoms with Crippen molar-refractivity contribution in [1.82, 2.24) is 10.2 Å². The summed E-state index contributed by atoms with van der Waals surface area (Å²) in [6.07, 6.45) is -4.95. The van der Waals surface area contributed by atoms with Crippen LogP contribution in [0.25, 0.3) is 0 Å². The minimum atomic E-state index is -4.46. The molecule has 0 radical (unpaired) electrons. The molecule has 1 N–H and O–H groups in total. The van der Waals surface area contributed by atoms with Crippen LogP contribution in [0, 0.1) is 0 Å². The van der Waals surface area contributed by atoms with Crippen LogP contribution in [-0.4, -0.2) is 36.6 Å². The Hall–Kier alpha value is -1.56. The molecule has 0 aromatic heterocycles. The molecule has 6 heteroatoms. The number of aryl methyl sites for hydroxylation is 1. The zero-order valence-corrected chi connectivity index (χ0v) is 11.9. The predicted molar refractivity (Wildman–Crippen MR) is 73.8 cm³/mol. The Morgan fingerprint density at radius 1 is 1.33 bits per heavy atom. The number of nitrogens with zero attached hydrogens (tertiary/aromatic N) is 1. The summed E-state index contributed by atoms with van der Waals surface area (Å²) in [5.41, 5.74) is 2.03. The highest BCUT2D eigenvalue weighted by atomic mass is 19.4. The molecule has 1 unspecified atom stereocenters. The molecule has 1 aromatic rings. The number of benzene rings is 1. The van der Waals surface area contributed by atoms with Crippen LogP contribution in [0.5, 0.6) is 0 Å². The van der Waals surface area contributed by atoms with Crippen molar-refractivity contribution in [2.75, 3.05) is 19.6 Å². The van der Waals surface area contributed by atoms with Gasteiger partial charge in [-0.05, 0) is 17.5 Å². The quantitative estimate of drug-likeness (QED) is 0.931. The van der Waals surface area contributed by atoms with Gasteiger partial charge in [-0.15, -0.1) is 0 Å². The summed E-state index contributed by atoms with van der Waals surface area (Å²) in [4.78, 5) is 13.2. The summed E-state index contributed by atoms with van der Waals surface area (Å²) < 4.78 is 37.3. The topological polar surface area (TPSA) is 32.3 Å². The lowest BCUT2D eigenvalue weighted by molar-refractivity contribution is -0.163. The summed E-state index contributed by atoms with van der Waals surface area (Å²) >= 11 is 0. The Morgan fingerprint density at radius 2 is 2.00 bits per heavy atom. The number of rotatable bonds is 3. The van der Waals surface area contributed by atoms with Gasteiger partial charge in [0.05, 0.1) is 6.04 Å². The number of hydrogen-bond acceptors (Lipinski definition) is 2. The van der Waals surface area contributed by atoms with E-state index in [1.54, 1.807) is 0 Å². The molecule has 1 aliphatic rings. The van der Waals surface area contributed by atoms with Crippen molar-refractivity contribution in [2.45, 2.75) is 32.0 Å². The maximum absolute atomic E-state index is 12.4. The summed E-state index contributed by atoms with van der Waals surface area (Å²) in [5, 5.41) is 3.13. The molecule has 1 heterocycles. The van der Waals surface area contributed by atoms with Crippen molar-refractivity contribution in [1.29, 1.82) is 0 Å². The Kier molecular flexibility index (Phi) is 4.88. The first-order valence-corrected chi connectivity index (χ1v) is 7.06. The Morgan fingerprint density at radius 3 is 2.57 bits per heavy atom. The number of carbonyl (C=O) groups excluding carboxylic acids is 1. The first-order valence-electron chi connectivity index (χ1n) is 7.06. The minimum absolute atomic E-state index is 0.301. The smallest absolute Gasteiger partial charge is 0.333 e. The third kappa shape index (κ3) is 4.20. The molecule has 1 saturated heterocycles. The fourth-order valence-electron chi connectivity index (χ4n) is 2.55. The number of hydrogen-bond donors (Lipinski definition) is 1. The van der Waals surface area contributed by atoms with Gasteiger partial charge >= 0.3 is 6.18 Å². The van der Waals surface area contributed by atoms with E-state index in [1.165, 1.54) is 4.90 Å². The third-order valence-corrected chi connectivity index (χ3v) is 3.69. The van der Waals surface area contributed by atoms with Crippen LogP contribution < -0.4 is 5.32 Å². The lowest BCUT2D eigenvalue weighted by atomic mass is 10.0. The van der Waals surface area contributed by atoms with Crippen LogP contribution in [0.15, 0.2) is 24.3 Å². The molecule has 0 bridgehead atoms. The largest absolute Gasteiger partial charge is 0.397 e. The molecule has 2 rings (SSSR count). The molecule has 0 saturated carbocycles. The monoisotopic (exact) mass is 300 g/mol. The summed E-state index contributed by atoms with van der Waals surface area (Å²) in [6.45, 7) is 3.34. The Balaban J connectivity index is 2.16. The van der Waals surface area contributed by atoms with E-state index in [0.29, 0.717) is 19.6 Å². The molecule has 116 valence electrons. The number of amides is 1. The average molecular weight is 300 g/mol. The molecule has 3 nitrogen and oxygen atoms in total. The molecule has 1 aliphatic heterocycles. The van der Waals surface area contributed by atoms with Crippen LogP contribution >= 0.6 is 0 Å². The van der Waals surface area contributed by atoms with Gasteiger partial charge in [-0.1, -0.05) is 31.2 Å². The van der Waals surface area contributed by atoms with Gasteiger partial charge in [-0.2, -0.15) is 13.2 Å². The highest BCUT2D eigenvalue weighted by Gasteiger charge is 2.36. The average Bonchev–Trinajstić information content (AvgIpc) is 2.45. The van der Waals surface area contributed by atoms with Crippen molar-refractivity contribution >= 4 is 5.91 Å². The van der Waals surface area contributed by atoms with E-state index in [9.17, 15) is 18.0 Å². The van der Waals surface area contributed by atoms with Crippen LogP contribution in [0.1, 0.15) is 30.5 Å². The Labute approximate surface area is 122 Å². The lowest BCUT2D eigenvalue weighted by Crippen LogP contribution is -2.49. The number of alkyl halides is 3. The van der Waals surface area contributed by atoms with Crippen LogP contribution in [0.4, 0.5) is 13.2 Å². The van der Waals surface area contributed by atoms with Crippen molar-refractivity contribution in [3.63, 3.8) is 0 Å². The first kappa shape index (κ1) is 15.8. The van der Waals surface area contributed by atoms with E-state index in [0.717, 1.165) is 17.5 Å². The molecule has 1 aromatic carbocycles. The number of nitrogens with one attached hydrogen (secondary N) is 1. The van der Waals surface area contributed by atoms with E-state index >= 15 is 0 Å². The second kappa shape index (κ2) is 6.47. The molecule has 0 spiro atoms. The zero-order valence-electron chi connectivity index (χ0n) is 11.9. The van der Waals surface area contributed by atoms with Gasteiger partial charge in [0.1, 0.15) is 6.42 Å². The van der Waals surface area contributed by atoms with Gasteiger partial charge in [0, 0.05) is 19.6 Å². The fraction of sp³-hybridized carbons (Fsp3) is 0.533. The molecule has 21 heavy (non-hydrogen) atoms. The SMILES string of the molecule is CCc1ccc(C2CNCCN2C(=O)CC(F)(F)F)cc1. The van der Waals surface area contributed by atoms with Crippen molar-refractivity contribution in [3.8, 4) is 0 Å². The number of piperazine rings is 1. The molecule has 1 atom stereocenters. The van der Waals surface area contributed by atoms with Crippen molar-refractivity contribution in [2.24, 2.45) is 0 Å². The van der Waals surface area contributed by atoms with E-state index in [2.05, 4.69) is 5.32 Å². The lowest BCUT2D eigenvalue weighted by Gasteiger charge is -2.37. The van der Waals surface area contributed by atoms with Crippen molar-refractivity contribution < 1.29 is 18.0 Å². The van der Waals surface area contributed by atoms with Crippen LogP contribution in [-0.2, 0) is 11.2 Å². The van der Waals surface area contributed by atoms with E-state index < -0.39 is 18.5 Å². The van der Waals surface area contributed by atoms with E-state index in [4.69, 9.17) is 0 Å². The second-order valence-electron chi connectivity index (χ2n) is 5.19. The summed E-state index contributed by atoms with van der Waals surface area (Å²) in [6, 6.07) is 7.36. The van der Waals surface area contributed by atoms with Gasteiger partial charge < -0.3 is 10.2 Å². The molecular formula is C15H19F3N2O. The van der Waals surface area contributed by atoms with E-state index in [-0.39, 0.29) is 6.04 Å². The normalized spacial score (nSPS) is 19.6. The van der Waals surface area contributed by atoms with Gasteiger partial charge in [-0.3, -0.25) is 4.79 Å². The van der Waals surface area contributed by atoms with Crippen LogP contribution in [0.3, 0.4) is 0 Å². The Bertz CT molecular complexity index is 485. The fourth-order valence-corrected chi connectivity index (χ4v) is 2.55. The van der Waals surface area contributed by atoms with Gasteiger partial charge in [0.25, 0.3) is 0 Å². The highest BCUT2D eigenvalue weighted by Crippen LogP contribution is 2.27. The highest BCUT2D eigenvalue weighted by molar-refractivity contribution is 5.77. The zero-order chi connectivity index (χ0) is 15.5. The van der Waals surface area contributed by atoms with Gasteiger partial charge in [0.2, 0.25) is 5.91 Å². The van der Waals surface area contributed by atoms with Crippen molar-refractivity contribution in [3.05, 3.63) is 35.4 Å². The molecule has 0 aliphatic carbocycles. The summed E-state index contributed by atoms with van der Waals surface area (Å²) in [7, 11) is 0. The number of halogens is 3. The van der Waals surface area contributed by atoms with Crippen LogP contribution in [0.2, 0.25) is 0 Å². The van der Waals surface area contributed by atoms with E-state index in [1.807, 2.05) is 31.2 Å². The third-order valence-electron chi connectivity index (χ3n) is 3.69. The van der Waals surface area contributed by atoms with Gasteiger partial charge in [-0.25, -0.2) is 0 Å².